The van der Waals surface area contributed by atoms with Crippen LogP contribution in [0.2, 0.25) is 0 Å². The van der Waals surface area contributed by atoms with Crippen molar-refractivity contribution in [2.75, 3.05) is 26.7 Å². The molecular weight excluding hydrogens is 260 g/mol. The lowest BCUT2D eigenvalue weighted by molar-refractivity contribution is -0.155. The van der Waals surface area contributed by atoms with Crippen LogP contribution < -0.4 is 0 Å². The summed E-state index contributed by atoms with van der Waals surface area (Å²) in [5.74, 6) is -1.49. The van der Waals surface area contributed by atoms with E-state index in [2.05, 4.69) is 0 Å². The highest BCUT2D eigenvalue weighted by Crippen LogP contribution is 2.32. The molecule has 1 N–H and O–H groups in total. The number of nitrogens with zero attached hydrogens (tertiary/aromatic N) is 2. The second-order valence-electron chi connectivity index (χ2n) is 6.04. The summed E-state index contributed by atoms with van der Waals surface area (Å²) in [6.45, 7) is 6.35. The van der Waals surface area contributed by atoms with Gasteiger partial charge in [-0.15, -0.1) is 0 Å². The van der Waals surface area contributed by atoms with Gasteiger partial charge in [-0.1, -0.05) is 13.8 Å². The van der Waals surface area contributed by atoms with Crippen molar-refractivity contribution in [1.82, 2.24) is 9.80 Å². The van der Waals surface area contributed by atoms with E-state index < -0.39 is 11.4 Å². The van der Waals surface area contributed by atoms with E-state index in [1.807, 2.05) is 0 Å². The van der Waals surface area contributed by atoms with E-state index in [4.69, 9.17) is 0 Å². The van der Waals surface area contributed by atoms with Gasteiger partial charge in [0.2, 0.25) is 11.8 Å². The predicted molar refractivity (Wildman–Crippen MR) is 74.0 cm³/mol. The van der Waals surface area contributed by atoms with Gasteiger partial charge in [-0.05, 0) is 19.3 Å². The normalized spacial score (nSPS) is 19.8. The van der Waals surface area contributed by atoms with Crippen molar-refractivity contribution in [1.29, 1.82) is 0 Å². The fourth-order valence-electron chi connectivity index (χ4n) is 2.15. The van der Waals surface area contributed by atoms with Crippen molar-refractivity contribution in [2.24, 2.45) is 11.3 Å². The molecule has 1 aliphatic heterocycles. The summed E-state index contributed by atoms with van der Waals surface area (Å²) < 4.78 is 0. The zero-order valence-corrected chi connectivity index (χ0v) is 12.7. The Balaban J connectivity index is 2.79. The highest BCUT2D eigenvalue weighted by atomic mass is 16.4. The summed E-state index contributed by atoms with van der Waals surface area (Å²) in [6.07, 6.45) is 0.649. The molecule has 1 unspecified atom stereocenters. The van der Waals surface area contributed by atoms with Gasteiger partial charge in [0, 0.05) is 26.6 Å². The van der Waals surface area contributed by atoms with Crippen molar-refractivity contribution < 1.29 is 19.5 Å². The molecule has 0 aliphatic carbocycles. The van der Waals surface area contributed by atoms with Crippen LogP contribution in [-0.2, 0) is 14.4 Å². The molecule has 20 heavy (non-hydrogen) atoms. The predicted octanol–water partition coefficient (Wildman–Crippen LogP) is 0.814. The molecule has 6 nitrogen and oxygen atoms in total. The number of carbonyl (C=O) groups is 3. The fraction of sp³-hybridized carbons (Fsp3) is 0.786. The van der Waals surface area contributed by atoms with Gasteiger partial charge < -0.3 is 14.9 Å². The third kappa shape index (κ3) is 3.49. The minimum atomic E-state index is -1.10. The molecule has 1 saturated heterocycles. The largest absolute Gasteiger partial charge is 0.481 e. The van der Waals surface area contributed by atoms with Gasteiger partial charge in [0.15, 0.2) is 0 Å². The lowest BCUT2D eigenvalue weighted by Crippen LogP contribution is -2.43. The van der Waals surface area contributed by atoms with Crippen LogP contribution in [0.5, 0.6) is 0 Å². The topological polar surface area (TPSA) is 77.9 Å². The smallest absolute Gasteiger partial charge is 0.310 e. The van der Waals surface area contributed by atoms with Crippen molar-refractivity contribution in [3.8, 4) is 0 Å². The Morgan fingerprint density at radius 2 is 1.95 bits per heavy atom. The van der Waals surface area contributed by atoms with E-state index >= 15 is 0 Å². The third-order valence-electron chi connectivity index (χ3n) is 4.31. The Labute approximate surface area is 119 Å². The molecule has 0 aromatic heterocycles. The first-order valence-corrected chi connectivity index (χ1v) is 6.93. The molecule has 1 heterocycles. The van der Waals surface area contributed by atoms with E-state index in [0.29, 0.717) is 13.1 Å². The molecule has 0 radical (unpaired) electrons. The van der Waals surface area contributed by atoms with Gasteiger partial charge in [0.25, 0.3) is 0 Å². The third-order valence-corrected chi connectivity index (χ3v) is 4.31. The van der Waals surface area contributed by atoms with E-state index in [9.17, 15) is 19.5 Å². The standard InChI is InChI=1S/C14H24N2O4/c1-10(2)14(3,13(19)20)8-11(17)16-7-5-6-15(4)12(18)9-16/h10H,5-9H2,1-4H3,(H,19,20). The summed E-state index contributed by atoms with van der Waals surface area (Å²) in [6, 6.07) is 0. The maximum Gasteiger partial charge on any atom is 0.310 e. The first kappa shape index (κ1) is 16.5. The number of likely N-dealkylation sites (N-methyl/N-ethyl adjacent to an activating group) is 1. The molecule has 2 amide bonds. The molecule has 1 rings (SSSR count). The molecule has 114 valence electrons. The monoisotopic (exact) mass is 284 g/mol. The van der Waals surface area contributed by atoms with Crippen molar-refractivity contribution in [2.45, 2.75) is 33.6 Å². The second kappa shape index (κ2) is 6.24. The first-order chi connectivity index (χ1) is 9.18. The Bertz CT molecular complexity index is 408. The summed E-state index contributed by atoms with van der Waals surface area (Å²) in [5.41, 5.74) is -1.10. The van der Waals surface area contributed by atoms with Crippen LogP contribution in [0, 0.1) is 11.3 Å². The first-order valence-electron chi connectivity index (χ1n) is 6.93. The maximum atomic E-state index is 12.3. The number of carboxylic acids is 1. The minimum Gasteiger partial charge on any atom is -0.481 e. The Morgan fingerprint density at radius 3 is 2.45 bits per heavy atom. The molecule has 1 aliphatic rings. The number of hydrogen-bond donors (Lipinski definition) is 1. The van der Waals surface area contributed by atoms with Gasteiger partial charge >= 0.3 is 5.97 Å². The number of hydrogen-bond acceptors (Lipinski definition) is 3. The zero-order valence-electron chi connectivity index (χ0n) is 12.7. The summed E-state index contributed by atoms with van der Waals surface area (Å²) >= 11 is 0. The van der Waals surface area contributed by atoms with Gasteiger partial charge in [0.1, 0.15) is 0 Å². The number of amides is 2. The molecular formula is C14H24N2O4. The van der Waals surface area contributed by atoms with Crippen LogP contribution in [-0.4, -0.2) is 59.4 Å². The lowest BCUT2D eigenvalue weighted by atomic mass is 9.76. The van der Waals surface area contributed by atoms with Gasteiger partial charge in [-0.25, -0.2) is 0 Å². The number of carboxylic acid groups (broad SMARTS) is 1. The van der Waals surface area contributed by atoms with Crippen LogP contribution in [0.3, 0.4) is 0 Å². The Morgan fingerprint density at radius 1 is 1.35 bits per heavy atom. The van der Waals surface area contributed by atoms with Gasteiger partial charge in [-0.2, -0.15) is 0 Å². The van der Waals surface area contributed by atoms with Crippen molar-refractivity contribution in [3.63, 3.8) is 0 Å². The Kier molecular flexibility index (Phi) is 5.14. The average Bonchev–Trinajstić information content (AvgIpc) is 2.51. The lowest BCUT2D eigenvalue weighted by Gasteiger charge is -2.31. The van der Waals surface area contributed by atoms with Crippen molar-refractivity contribution >= 4 is 17.8 Å². The Hall–Kier alpha value is -1.59. The maximum absolute atomic E-state index is 12.3. The number of rotatable bonds is 4. The minimum absolute atomic E-state index is 0.0448. The van der Waals surface area contributed by atoms with Crippen molar-refractivity contribution in [3.05, 3.63) is 0 Å². The number of carbonyl (C=O) groups excluding carboxylic acids is 2. The van der Waals surface area contributed by atoms with Gasteiger partial charge in [-0.3, -0.25) is 14.4 Å². The molecule has 1 atom stereocenters. The molecule has 0 aromatic carbocycles. The van der Waals surface area contributed by atoms with Crippen LogP contribution in [0.4, 0.5) is 0 Å². The van der Waals surface area contributed by atoms with Gasteiger partial charge in [0.05, 0.1) is 12.0 Å². The summed E-state index contributed by atoms with van der Waals surface area (Å²) in [5, 5.41) is 9.35. The van der Waals surface area contributed by atoms with E-state index in [-0.39, 0.29) is 30.7 Å². The highest BCUT2D eigenvalue weighted by Gasteiger charge is 2.40. The summed E-state index contributed by atoms with van der Waals surface area (Å²) in [4.78, 5) is 38.6. The SMILES string of the molecule is CC(C)C(C)(CC(=O)N1CCCN(C)C(=O)C1)C(=O)O. The molecule has 1 fully saturated rings. The fourth-order valence-corrected chi connectivity index (χ4v) is 2.15. The summed E-state index contributed by atoms with van der Waals surface area (Å²) in [7, 11) is 1.71. The average molecular weight is 284 g/mol. The molecule has 0 aromatic rings. The molecule has 6 heteroatoms. The highest BCUT2D eigenvalue weighted by molar-refractivity contribution is 5.88. The van der Waals surface area contributed by atoms with Crippen LogP contribution in [0.1, 0.15) is 33.6 Å². The van der Waals surface area contributed by atoms with Crippen LogP contribution in [0.25, 0.3) is 0 Å². The van der Waals surface area contributed by atoms with E-state index in [1.165, 1.54) is 4.90 Å². The number of aliphatic carboxylic acids is 1. The quantitative estimate of drug-likeness (QED) is 0.829. The van der Waals surface area contributed by atoms with Crippen LogP contribution in [0.15, 0.2) is 0 Å². The van der Waals surface area contributed by atoms with Crippen LogP contribution >= 0.6 is 0 Å². The molecule has 0 bridgehead atoms. The van der Waals surface area contributed by atoms with E-state index in [1.54, 1.807) is 32.7 Å². The molecule has 0 saturated carbocycles. The molecule has 0 spiro atoms. The zero-order chi connectivity index (χ0) is 15.5. The van der Waals surface area contributed by atoms with E-state index in [0.717, 1.165) is 6.42 Å². The second-order valence-corrected chi connectivity index (χ2v) is 6.04.